The fourth-order valence-electron chi connectivity index (χ4n) is 6.34. The zero-order valence-corrected chi connectivity index (χ0v) is 27.8. The third-order valence-corrected chi connectivity index (χ3v) is 8.90. The molecule has 0 saturated heterocycles. The van der Waals surface area contributed by atoms with Crippen molar-refractivity contribution in [3.05, 3.63) is 205 Å². The van der Waals surface area contributed by atoms with E-state index in [0.29, 0.717) is 11.5 Å². The van der Waals surface area contributed by atoms with E-state index in [1.807, 2.05) is 91.0 Å². The van der Waals surface area contributed by atoms with Crippen LogP contribution in [-0.4, -0.2) is 11.5 Å². The molecule has 0 atom stereocenters. The minimum Gasteiger partial charge on any atom is -0.457 e. The summed E-state index contributed by atoms with van der Waals surface area (Å²) in [6, 6.07) is 53.3. The maximum absolute atomic E-state index is 6.45. The predicted octanol–water partition coefficient (Wildman–Crippen LogP) is 11.7. The van der Waals surface area contributed by atoms with E-state index < -0.39 is 0 Å². The fourth-order valence-corrected chi connectivity index (χ4v) is 6.34. The van der Waals surface area contributed by atoms with E-state index >= 15 is 0 Å². The number of amidine groups is 1. The highest BCUT2D eigenvalue weighted by atomic mass is 16.5. The highest BCUT2D eigenvalue weighted by Crippen LogP contribution is 2.52. The molecular formula is C45H37N3O. The van der Waals surface area contributed by atoms with Gasteiger partial charge in [-0.05, 0) is 83.4 Å². The molecule has 0 aromatic heterocycles. The first-order valence-electron chi connectivity index (χ1n) is 16.4. The molecule has 0 fully saturated rings. The molecule has 0 saturated carbocycles. The Bertz CT molecular complexity index is 2180. The zero-order chi connectivity index (χ0) is 33.8. The molecule has 1 aliphatic rings. The second-order valence-electron chi connectivity index (χ2n) is 12.4. The van der Waals surface area contributed by atoms with Crippen molar-refractivity contribution < 1.29 is 4.74 Å². The second kappa shape index (κ2) is 13.5. The van der Waals surface area contributed by atoms with E-state index in [0.717, 1.165) is 45.3 Å². The molecule has 0 bridgehead atoms. The van der Waals surface area contributed by atoms with Crippen molar-refractivity contribution in [3.63, 3.8) is 0 Å². The molecule has 1 heterocycles. The van der Waals surface area contributed by atoms with Crippen molar-refractivity contribution in [1.29, 1.82) is 0 Å². The number of rotatable bonds is 8. The largest absolute Gasteiger partial charge is 0.457 e. The van der Waals surface area contributed by atoms with Crippen molar-refractivity contribution in [2.45, 2.75) is 19.3 Å². The minimum absolute atomic E-state index is 0.221. The molecule has 6 aromatic carbocycles. The van der Waals surface area contributed by atoms with Gasteiger partial charge in [0.25, 0.3) is 0 Å². The lowest BCUT2D eigenvalue weighted by Gasteiger charge is -2.42. The number of benzene rings is 6. The molecule has 0 aliphatic carbocycles. The smallest absolute Gasteiger partial charge is 0.160 e. The SMILES string of the molecule is C=CC(=NC(=NC(=C)c1ccc(Oc2ccc3c(c2)C(C)(C)c2ccccc2N3c2ccccc2)cc1)c1ccccc1)c1ccccc1. The highest BCUT2D eigenvalue weighted by molar-refractivity contribution is 6.17. The maximum Gasteiger partial charge on any atom is 0.160 e. The van der Waals surface area contributed by atoms with Crippen molar-refractivity contribution in [2.24, 2.45) is 9.98 Å². The summed E-state index contributed by atoms with van der Waals surface area (Å²) >= 11 is 0. The molecule has 1 aliphatic heterocycles. The Hall–Kier alpha value is -6.26. The topological polar surface area (TPSA) is 37.2 Å². The Kier molecular flexibility index (Phi) is 8.61. The van der Waals surface area contributed by atoms with Crippen LogP contribution in [0.4, 0.5) is 17.1 Å². The van der Waals surface area contributed by atoms with Gasteiger partial charge in [-0.2, -0.15) is 0 Å². The number of fused-ring (bicyclic) bond motifs is 2. The number of para-hydroxylation sites is 2. The van der Waals surface area contributed by atoms with Gasteiger partial charge in [0.05, 0.1) is 22.8 Å². The molecule has 7 rings (SSSR count). The zero-order valence-electron chi connectivity index (χ0n) is 27.8. The Labute approximate surface area is 288 Å². The number of anilines is 3. The normalized spacial score (nSPS) is 13.6. The number of allylic oxidation sites excluding steroid dienone is 1. The average Bonchev–Trinajstić information content (AvgIpc) is 3.15. The summed E-state index contributed by atoms with van der Waals surface area (Å²) in [6.45, 7) is 12.9. The Morgan fingerprint density at radius 1 is 0.592 bits per heavy atom. The number of ether oxygens (including phenoxy) is 1. The summed E-state index contributed by atoms with van der Waals surface area (Å²) in [7, 11) is 0. The summed E-state index contributed by atoms with van der Waals surface area (Å²) in [4.78, 5) is 12.2. The van der Waals surface area contributed by atoms with Crippen LogP contribution in [0.25, 0.3) is 5.70 Å². The molecule has 4 nitrogen and oxygen atoms in total. The first-order chi connectivity index (χ1) is 23.9. The molecule has 0 radical (unpaired) electrons. The van der Waals surface area contributed by atoms with Crippen LogP contribution >= 0.6 is 0 Å². The molecular weight excluding hydrogens is 599 g/mol. The van der Waals surface area contributed by atoms with Crippen LogP contribution < -0.4 is 9.64 Å². The van der Waals surface area contributed by atoms with E-state index in [1.54, 1.807) is 6.08 Å². The molecule has 49 heavy (non-hydrogen) atoms. The summed E-state index contributed by atoms with van der Waals surface area (Å²) in [6.07, 6.45) is 1.75. The number of aliphatic imine (C=N–C) groups is 2. The van der Waals surface area contributed by atoms with E-state index in [4.69, 9.17) is 14.7 Å². The predicted molar refractivity (Wildman–Crippen MR) is 205 cm³/mol. The molecule has 0 spiro atoms. The Morgan fingerprint density at radius 3 is 1.84 bits per heavy atom. The molecule has 0 N–H and O–H groups in total. The van der Waals surface area contributed by atoms with Crippen LogP contribution in [-0.2, 0) is 5.41 Å². The number of hydrogen-bond acceptors (Lipinski definition) is 3. The van der Waals surface area contributed by atoms with Crippen molar-refractivity contribution in [2.75, 3.05) is 4.90 Å². The highest BCUT2D eigenvalue weighted by Gasteiger charge is 2.37. The van der Waals surface area contributed by atoms with E-state index in [-0.39, 0.29) is 5.41 Å². The monoisotopic (exact) mass is 635 g/mol. The molecule has 6 aromatic rings. The van der Waals surface area contributed by atoms with Gasteiger partial charge in [-0.25, -0.2) is 9.98 Å². The van der Waals surface area contributed by atoms with Crippen molar-refractivity contribution in [3.8, 4) is 11.5 Å². The number of hydrogen-bond donors (Lipinski definition) is 0. The maximum atomic E-state index is 6.45. The van der Waals surface area contributed by atoms with Gasteiger partial charge >= 0.3 is 0 Å². The summed E-state index contributed by atoms with van der Waals surface area (Å²) in [5.41, 5.74) is 9.79. The minimum atomic E-state index is -0.221. The van der Waals surface area contributed by atoms with Crippen LogP contribution in [0.1, 0.15) is 41.7 Å². The molecule has 4 heteroatoms. The lowest BCUT2D eigenvalue weighted by molar-refractivity contribution is 0.479. The van der Waals surface area contributed by atoms with E-state index in [2.05, 4.69) is 98.6 Å². The lowest BCUT2D eigenvalue weighted by Crippen LogP contribution is -2.30. The molecule has 238 valence electrons. The van der Waals surface area contributed by atoms with Gasteiger partial charge in [0.15, 0.2) is 5.84 Å². The van der Waals surface area contributed by atoms with E-state index in [9.17, 15) is 0 Å². The van der Waals surface area contributed by atoms with Crippen molar-refractivity contribution in [1.82, 2.24) is 0 Å². The molecule has 0 amide bonds. The first kappa shape index (κ1) is 31.3. The average molecular weight is 636 g/mol. The van der Waals surface area contributed by atoms with Crippen LogP contribution in [0.5, 0.6) is 11.5 Å². The third-order valence-electron chi connectivity index (χ3n) is 8.90. The Morgan fingerprint density at radius 2 is 1.16 bits per heavy atom. The van der Waals surface area contributed by atoms with Gasteiger partial charge in [0.1, 0.15) is 11.5 Å². The van der Waals surface area contributed by atoms with Crippen LogP contribution in [0.2, 0.25) is 0 Å². The van der Waals surface area contributed by atoms with Gasteiger partial charge in [-0.1, -0.05) is 124 Å². The van der Waals surface area contributed by atoms with Gasteiger partial charge in [0.2, 0.25) is 0 Å². The lowest BCUT2D eigenvalue weighted by atomic mass is 9.73. The van der Waals surface area contributed by atoms with Gasteiger partial charge in [-0.3, -0.25) is 0 Å². The molecule has 0 unspecified atom stereocenters. The van der Waals surface area contributed by atoms with Crippen LogP contribution in [0, 0.1) is 0 Å². The van der Waals surface area contributed by atoms with Crippen molar-refractivity contribution >= 4 is 34.3 Å². The van der Waals surface area contributed by atoms with Gasteiger partial charge < -0.3 is 9.64 Å². The summed E-state index contributed by atoms with van der Waals surface area (Å²) < 4.78 is 6.45. The van der Waals surface area contributed by atoms with Crippen LogP contribution in [0.15, 0.2) is 187 Å². The summed E-state index contributed by atoms with van der Waals surface area (Å²) in [5, 5.41) is 0. The van der Waals surface area contributed by atoms with E-state index in [1.165, 1.54) is 16.8 Å². The second-order valence-corrected chi connectivity index (χ2v) is 12.4. The third kappa shape index (κ3) is 6.37. The summed E-state index contributed by atoms with van der Waals surface area (Å²) in [5.74, 6) is 2.07. The van der Waals surface area contributed by atoms with Crippen LogP contribution in [0.3, 0.4) is 0 Å². The fraction of sp³-hybridized carbons (Fsp3) is 0.0667. The Balaban J connectivity index is 1.17. The quantitative estimate of drug-likeness (QED) is 0.123. The standard InChI is InChI=1S/C45H37N3O/c1-5-41(34-17-9-6-10-18-34)47-44(35-19-11-7-12-20-35)46-32(2)33-25-27-37(28-26-33)49-38-29-30-43-40(31-38)45(3,4)39-23-15-16-24-42(39)48(43)36-21-13-8-14-22-36/h5-31H,1-2H2,3-4H3. The first-order valence-corrected chi connectivity index (χ1v) is 16.4. The van der Waals surface area contributed by atoms with Gasteiger partial charge in [0, 0.05) is 22.2 Å². The number of nitrogens with zero attached hydrogens (tertiary/aromatic N) is 3. The van der Waals surface area contributed by atoms with Gasteiger partial charge in [-0.15, -0.1) is 0 Å².